The molecular formula is C19H20BrN5O2. The number of carbonyl (C=O) groups excluding carboxylic acids is 2. The number of nitrogens with zero attached hydrogens (tertiary/aromatic N) is 4. The number of fused-ring (bicyclic) bond motifs is 1. The van der Waals surface area contributed by atoms with Crippen molar-refractivity contribution in [2.24, 2.45) is 0 Å². The summed E-state index contributed by atoms with van der Waals surface area (Å²) in [6, 6.07) is 10.9. The third kappa shape index (κ3) is 4.16. The van der Waals surface area contributed by atoms with E-state index in [9.17, 15) is 9.59 Å². The summed E-state index contributed by atoms with van der Waals surface area (Å²) >= 11 is 3.39. The fourth-order valence-corrected chi connectivity index (χ4v) is 3.28. The second-order valence-corrected chi connectivity index (χ2v) is 7.19. The Morgan fingerprint density at radius 2 is 2.00 bits per heavy atom. The number of hydrogen-bond donors (Lipinski definition) is 1. The largest absolute Gasteiger partial charge is 0.332 e. The van der Waals surface area contributed by atoms with Crippen LogP contribution < -0.4 is 5.32 Å². The summed E-state index contributed by atoms with van der Waals surface area (Å²) < 4.78 is 2.71. The molecule has 27 heavy (non-hydrogen) atoms. The second kappa shape index (κ2) is 7.87. The molecule has 0 unspecified atom stereocenters. The molecule has 8 heteroatoms. The van der Waals surface area contributed by atoms with E-state index in [0.717, 1.165) is 21.2 Å². The lowest BCUT2D eigenvalue weighted by Crippen LogP contribution is -2.35. The summed E-state index contributed by atoms with van der Waals surface area (Å²) in [6.45, 7) is 4.55. The van der Waals surface area contributed by atoms with Crippen molar-refractivity contribution in [3.05, 3.63) is 52.0 Å². The number of aryl methyl sites for hydroxylation is 2. The summed E-state index contributed by atoms with van der Waals surface area (Å²) in [5.74, 6) is -0.500. The highest BCUT2D eigenvalue weighted by atomic mass is 79.9. The Morgan fingerprint density at radius 3 is 2.70 bits per heavy atom. The predicted molar refractivity (Wildman–Crippen MR) is 108 cm³/mol. The van der Waals surface area contributed by atoms with Crippen LogP contribution in [0.25, 0.3) is 11.0 Å². The first-order valence-corrected chi connectivity index (χ1v) is 9.33. The highest BCUT2D eigenvalue weighted by Crippen LogP contribution is 2.20. The molecule has 3 rings (SSSR count). The molecule has 3 aromatic rings. The maximum atomic E-state index is 12.6. The highest BCUT2D eigenvalue weighted by Gasteiger charge is 2.17. The van der Waals surface area contributed by atoms with Gasteiger partial charge in [-0.15, -0.1) is 5.10 Å². The SMILES string of the molecule is CCn1nnc2cc(C(=O)N(C)CC(=O)Nc3ccc(Br)cc3C)ccc21. The lowest BCUT2D eigenvalue weighted by Gasteiger charge is -2.17. The average Bonchev–Trinajstić information content (AvgIpc) is 3.05. The monoisotopic (exact) mass is 429 g/mol. The quantitative estimate of drug-likeness (QED) is 0.674. The van der Waals surface area contributed by atoms with Gasteiger partial charge in [-0.1, -0.05) is 21.1 Å². The summed E-state index contributed by atoms with van der Waals surface area (Å²) in [5, 5.41) is 11.0. The molecule has 7 nitrogen and oxygen atoms in total. The van der Waals surface area contributed by atoms with Crippen LogP contribution in [0.5, 0.6) is 0 Å². The van der Waals surface area contributed by atoms with Crippen LogP contribution >= 0.6 is 15.9 Å². The van der Waals surface area contributed by atoms with E-state index in [4.69, 9.17) is 0 Å². The minimum atomic E-state index is -0.255. The molecule has 0 radical (unpaired) electrons. The number of aromatic nitrogens is 3. The molecule has 1 aromatic heterocycles. The summed E-state index contributed by atoms with van der Waals surface area (Å²) in [6.07, 6.45) is 0. The van der Waals surface area contributed by atoms with Crippen molar-refractivity contribution >= 4 is 44.5 Å². The van der Waals surface area contributed by atoms with Gasteiger partial charge in [0.15, 0.2) is 0 Å². The normalized spacial score (nSPS) is 10.8. The molecule has 2 aromatic carbocycles. The van der Waals surface area contributed by atoms with E-state index in [1.807, 2.05) is 38.1 Å². The van der Waals surface area contributed by atoms with Crippen molar-refractivity contribution in [3.8, 4) is 0 Å². The predicted octanol–water partition coefficient (Wildman–Crippen LogP) is 3.23. The molecule has 0 fully saturated rings. The molecule has 0 aliphatic carbocycles. The van der Waals surface area contributed by atoms with Gasteiger partial charge in [-0.2, -0.15) is 0 Å². The van der Waals surface area contributed by atoms with Crippen LogP contribution in [0.15, 0.2) is 40.9 Å². The lowest BCUT2D eigenvalue weighted by atomic mass is 10.1. The number of anilines is 1. The maximum Gasteiger partial charge on any atom is 0.254 e. The van der Waals surface area contributed by atoms with Crippen LogP contribution in [-0.2, 0) is 11.3 Å². The number of likely N-dealkylation sites (N-methyl/N-ethyl adjacent to an activating group) is 1. The van der Waals surface area contributed by atoms with E-state index in [0.29, 0.717) is 17.6 Å². The molecule has 0 spiro atoms. The van der Waals surface area contributed by atoms with E-state index >= 15 is 0 Å². The fourth-order valence-electron chi connectivity index (χ4n) is 2.80. The van der Waals surface area contributed by atoms with Gasteiger partial charge in [-0.3, -0.25) is 9.59 Å². The minimum absolute atomic E-state index is 0.0476. The zero-order valence-electron chi connectivity index (χ0n) is 15.4. The summed E-state index contributed by atoms with van der Waals surface area (Å²) in [4.78, 5) is 26.3. The molecule has 0 atom stereocenters. The number of rotatable bonds is 5. The Labute approximate surface area is 165 Å². The van der Waals surface area contributed by atoms with Gasteiger partial charge in [0.1, 0.15) is 5.52 Å². The van der Waals surface area contributed by atoms with Crippen molar-refractivity contribution in [2.75, 3.05) is 18.9 Å². The third-order valence-corrected chi connectivity index (χ3v) is 4.74. The first-order valence-electron chi connectivity index (χ1n) is 8.53. The van der Waals surface area contributed by atoms with Crippen molar-refractivity contribution in [2.45, 2.75) is 20.4 Å². The Hall–Kier alpha value is -2.74. The molecule has 0 bridgehead atoms. The van der Waals surface area contributed by atoms with Crippen LogP contribution in [0, 0.1) is 6.92 Å². The molecule has 0 aliphatic rings. The molecule has 0 saturated heterocycles. The van der Waals surface area contributed by atoms with Crippen molar-refractivity contribution in [3.63, 3.8) is 0 Å². The number of hydrogen-bond acceptors (Lipinski definition) is 4. The maximum absolute atomic E-state index is 12.6. The highest BCUT2D eigenvalue weighted by molar-refractivity contribution is 9.10. The Balaban J connectivity index is 1.68. The average molecular weight is 430 g/mol. The smallest absolute Gasteiger partial charge is 0.254 e. The Morgan fingerprint density at radius 1 is 1.22 bits per heavy atom. The summed E-state index contributed by atoms with van der Waals surface area (Å²) in [7, 11) is 1.60. The first-order chi connectivity index (χ1) is 12.9. The Bertz CT molecular complexity index is 1010. The van der Waals surface area contributed by atoms with Crippen LogP contribution in [0.1, 0.15) is 22.8 Å². The van der Waals surface area contributed by atoms with E-state index in [2.05, 4.69) is 31.6 Å². The van der Waals surface area contributed by atoms with E-state index in [1.54, 1.807) is 23.9 Å². The third-order valence-electron chi connectivity index (χ3n) is 4.25. The minimum Gasteiger partial charge on any atom is -0.332 e. The number of amides is 2. The van der Waals surface area contributed by atoms with Gasteiger partial charge in [0.05, 0.1) is 12.1 Å². The van der Waals surface area contributed by atoms with Gasteiger partial charge >= 0.3 is 0 Å². The molecule has 2 amide bonds. The lowest BCUT2D eigenvalue weighted by molar-refractivity contribution is -0.116. The fraction of sp³-hybridized carbons (Fsp3) is 0.263. The summed E-state index contributed by atoms with van der Waals surface area (Å²) in [5.41, 5.74) is 3.67. The topological polar surface area (TPSA) is 80.1 Å². The molecular weight excluding hydrogens is 410 g/mol. The van der Waals surface area contributed by atoms with Gasteiger partial charge in [-0.25, -0.2) is 4.68 Å². The van der Waals surface area contributed by atoms with Gasteiger partial charge in [-0.05, 0) is 55.8 Å². The first kappa shape index (κ1) is 19.0. The van der Waals surface area contributed by atoms with Gasteiger partial charge < -0.3 is 10.2 Å². The van der Waals surface area contributed by atoms with Gasteiger partial charge in [0, 0.05) is 29.3 Å². The van der Waals surface area contributed by atoms with Crippen LogP contribution in [0.4, 0.5) is 5.69 Å². The standard InChI is InChI=1S/C19H20BrN5O2/c1-4-25-17-8-5-13(10-16(17)22-23-25)19(27)24(3)11-18(26)21-15-7-6-14(20)9-12(15)2/h5-10H,4,11H2,1-3H3,(H,21,26). The van der Waals surface area contributed by atoms with E-state index in [1.165, 1.54) is 4.90 Å². The van der Waals surface area contributed by atoms with E-state index < -0.39 is 0 Å². The second-order valence-electron chi connectivity index (χ2n) is 6.28. The molecule has 1 N–H and O–H groups in total. The van der Waals surface area contributed by atoms with E-state index in [-0.39, 0.29) is 18.4 Å². The number of carbonyl (C=O) groups is 2. The zero-order valence-corrected chi connectivity index (χ0v) is 16.9. The molecule has 0 saturated carbocycles. The molecule has 1 heterocycles. The van der Waals surface area contributed by atoms with Crippen molar-refractivity contribution in [1.82, 2.24) is 19.9 Å². The van der Waals surface area contributed by atoms with Gasteiger partial charge in [0.25, 0.3) is 5.91 Å². The molecule has 0 aliphatic heterocycles. The molecule has 140 valence electrons. The van der Waals surface area contributed by atoms with Gasteiger partial charge in [0.2, 0.25) is 5.91 Å². The van der Waals surface area contributed by atoms with Crippen molar-refractivity contribution in [1.29, 1.82) is 0 Å². The zero-order chi connectivity index (χ0) is 19.6. The van der Waals surface area contributed by atoms with Crippen LogP contribution in [0.2, 0.25) is 0 Å². The van der Waals surface area contributed by atoms with Crippen LogP contribution in [0.3, 0.4) is 0 Å². The number of benzene rings is 2. The Kier molecular flexibility index (Phi) is 5.55. The number of nitrogens with one attached hydrogen (secondary N) is 1. The van der Waals surface area contributed by atoms with Crippen molar-refractivity contribution < 1.29 is 9.59 Å². The van der Waals surface area contributed by atoms with Crippen LogP contribution in [-0.4, -0.2) is 45.3 Å². The number of halogens is 1.